The molecule has 1 aliphatic rings. The molecule has 1 saturated heterocycles. The number of likely N-dealkylation sites (tertiary alicyclic amines) is 1. The van der Waals surface area contributed by atoms with E-state index in [9.17, 15) is 4.79 Å². The van der Waals surface area contributed by atoms with Crippen LogP contribution in [0.1, 0.15) is 59.8 Å². The summed E-state index contributed by atoms with van der Waals surface area (Å²) in [5.41, 5.74) is 0.121. The van der Waals surface area contributed by atoms with Crippen LogP contribution in [0, 0.1) is 5.41 Å². The van der Waals surface area contributed by atoms with Gasteiger partial charge in [-0.2, -0.15) is 0 Å². The molecule has 0 N–H and O–H groups in total. The van der Waals surface area contributed by atoms with E-state index in [1.807, 2.05) is 0 Å². The molecule has 0 bridgehead atoms. The number of hydrogen-bond acceptors (Lipinski definition) is 1. The van der Waals surface area contributed by atoms with Crippen LogP contribution in [0.25, 0.3) is 0 Å². The first-order chi connectivity index (χ1) is 6.94. The van der Waals surface area contributed by atoms with Crippen molar-refractivity contribution in [1.82, 2.24) is 4.90 Å². The van der Waals surface area contributed by atoms with Crippen LogP contribution in [0.15, 0.2) is 0 Å². The molecule has 0 spiro atoms. The van der Waals surface area contributed by atoms with Crippen LogP contribution in [0.4, 0.5) is 0 Å². The van der Waals surface area contributed by atoms with Gasteiger partial charge in [0.05, 0.1) is 0 Å². The standard InChI is InChI=1S/C13H25NO/c1-5-7-11-8-6-9-14(11)12(15)10-13(2,3)4/h11H,5-10H2,1-4H3. The molecule has 0 aliphatic carbocycles. The molecule has 15 heavy (non-hydrogen) atoms. The Morgan fingerprint density at radius 2 is 2.07 bits per heavy atom. The average Bonchev–Trinajstić information content (AvgIpc) is 2.49. The molecule has 0 aromatic rings. The smallest absolute Gasteiger partial charge is 0.223 e. The zero-order valence-electron chi connectivity index (χ0n) is 10.7. The SMILES string of the molecule is CCCC1CCCN1C(=O)CC(C)(C)C. The molecule has 1 unspecified atom stereocenters. The highest BCUT2D eigenvalue weighted by atomic mass is 16.2. The molecule has 1 heterocycles. The van der Waals surface area contributed by atoms with Gasteiger partial charge in [-0.15, -0.1) is 0 Å². The number of hydrogen-bond donors (Lipinski definition) is 0. The highest BCUT2D eigenvalue weighted by molar-refractivity contribution is 5.77. The molecular formula is C13H25NO. The van der Waals surface area contributed by atoms with Gasteiger partial charge in [0.25, 0.3) is 0 Å². The van der Waals surface area contributed by atoms with E-state index in [0.717, 1.165) is 6.54 Å². The minimum Gasteiger partial charge on any atom is -0.340 e. The maximum atomic E-state index is 12.1. The van der Waals surface area contributed by atoms with Crippen molar-refractivity contribution in [3.8, 4) is 0 Å². The Hall–Kier alpha value is -0.530. The molecule has 88 valence electrons. The second-order valence-electron chi connectivity index (χ2n) is 5.91. The molecule has 0 radical (unpaired) electrons. The van der Waals surface area contributed by atoms with E-state index in [-0.39, 0.29) is 5.41 Å². The molecule has 0 aromatic carbocycles. The van der Waals surface area contributed by atoms with Gasteiger partial charge >= 0.3 is 0 Å². The maximum absolute atomic E-state index is 12.1. The van der Waals surface area contributed by atoms with E-state index in [0.29, 0.717) is 18.4 Å². The van der Waals surface area contributed by atoms with Gasteiger partial charge in [0, 0.05) is 19.0 Å². The number of amides is 1. The lowest BCUT2D eigenvalue weighted by molar-refractivity contribution is -0.134. The molecule has 1 fully saturated rings. The van der Waals surface area contributed by atoms with Crippen LogP contribution in [-0.4, -0.2) is 23.4 Å². The third-order valence-corrected chi connectivity index (χ3v) is 3.00. The zero-order valence-corrected chi connectivity index (χ0v) is 10.7. The predicted octanol–water partition coefficient (Wildman–Crippen LogP) is 3.21. The summed E-state index contributed by atoms with van der Waals surface area (Å²) in [6.45, 7) is 9.59. The largest absolute Gasteiger partial charge is 0.340 e. The summed E-state index contributed by atoms with van der Waals surface area (Å²) in [7, 11) is 0. The molecule has 2 heteroatoms. The lowest BCUT2D eigenvalue weighted by Crippen LogP contribution is -2.37. The normalized spacial score (nSPS) is 22.1. The minimum atomic E-state index is 0.121. The number of rotatable bonds is 3. The summed E-state index contributed by atoms with van der Waals surface area (Å²) >= 11 is 0. The Kier molecular flexibility index (Phi) is 4.18. The monoisotopic (exact) mass is 211 g/mol. The highest BCUT2D eigenvalue weighted by Gasteiger charge is 2.29. The lowest BCUT2D eigenvalue weighted by Gasteiger charge is -2.28. The summed E-state index contributed by atoms with van der Waals surface area (Å²) in [5, 5.41) is 0. The Morgan fingerprint density at radius 3 is 2.60 bits per heavy atom. The van der Waals surface area contributed by atoms with Gasteiger partial charge in [-0.3, -0.25) is 4.79 Å². The summed E-state index contributed by atoms with van der Waals surface area (Å²) < 4.78 is 0. The summed E-state index contributed by atoms with van der Waals surface area (Å²) in [6.07, 6.45) is 5.46. The fourth-order valence-corrected chi connectivity index (χ4v) is 2.35. The molecule has 1 atom stereocenters. The third-order valence-electron chi connectivity index (χ3n) is 3.00. The quantitative estimate of drug-likeness (QED) is 0.702. The van der Waals surface area contributed by atoms with Gasteiger partial charge in [-0.1, -0.05) is 34.1 Å². The van der Waals surface area contributed by atoms with Gasteiger partial charge in [0.2, 0.25) is 5.91 Å². The Bertz CT molecular complexity index is 217. The molecule has 0 aromatic heterocycles. The first-order valence-corrected chi connectivity index (χ1v) is 6.23. The Morgan fingerprint density at radius 1 is 1.40 bits per heavy atom. The maximum Gasteiger partial charge on any atom is 0.223 e. The molecule has 1 aliphatic heterocycles. The number of nitrogens with zero attached hydrogens (tertiary/aromatic N) is 1. The first kappa shape index (κ1) is 12.5. The van der Waals surface area contributed by atoms with Crippen molar-refractivity contribution in [2.24, 2.45) is 5.41 Å². The lowest BCUT2D eigenvalue weighted by atomic mass is 9.91. The van der Waals surface area contributed by atoms with Crippen LogP contribution in [0.2, 0.25) is 0 Å². The number of carbonyl (C=O) groups excluding carboxylic acids is 1. The van der Waals surface area contributed by atoms with Gasteiger partial charge in [0.15, 0.2) is 0 Å². The molecule has 1 rings (SSSR count). The average molecular weight is 211 g/mol. The van der Waals surface area contributed by atoms with Crippen LogP contribution in [-0.2, 0) is 4.79 Å². The second kappa shape index (κ2) is 5.00. The van der Waals surface area contributed by atoms with Gasteiger partial charge in [-0.05, 0) is 24.7 Å². The van der Waals surface area contributed by atoms with Gasteiger partial charge in [0.1, 0.15) is 0 Å². The van der Waals surface area contributed by atoms with Gasteiger partial charge < -0.3 is 4.90 Å². The van der Waals surface area contributed by atoms with Crippen molar-refractivity contribution in [2.45, 2.75) is 65.8 Å². The summed E-state index contributed by atoms with van der Waals surface area (Å²) in [4.78, 5) is 14.2. The van der Waals surface area contributed by atoms with E-state index in [1.165, 1.54) is 25.7 Å². The second-order valence-corrected chi connectivity index (χ2v) is 5.91. The van der Waals surface area contributed by atoms with Crippen molar-refractivity contribution in [2.75, 3.05) is 6.54 Å². The molecule has 1 amide bonds. The molecule has 2 nitrogen and oxygen atoms in total. The van der Waals surface area contributed by atoms with Crippen LogP contribution < -0.4 is 0 Å². The van der Waals surface area contributed by atoms with Crippen molar-refractivity contribution in [1.29, 1.82) is 0 Å². The van der Waals surface area contributed by atoms with Crippen LogP contribution in [0.5, 0.6) is 0 Å². The van der Waals surface area contributed by atoms with E-state index in [2.05, 4.69) is 32.6 Å². The van der Waals surface area contributed by atoms with Crippen LogP contribution in [0.3, 0.4) is 0 Å². The summed E-state index contributed by atoms with van der Waals surface area (Å²) in [6, 6.07) is 0.532. The van der Waals surface area contributed by atoms with Crippen molar-refractivity contribution in [3.63, 3.8) is 0 Å². The Labute approximate surface area is 94.0 Å². The van der Waals surface area contributed by atoms with E-state index < -0.39 is 0 Å². The fraction of sp³-hybridized carbons (Fsp3) is 0.923. The third kappa shape index (κ3) is 3.84. The minimum absolute atomic E-state index is 0.121. The zero-order chi connectivity index (χ0) is 11.5. The highest BCUT2D eigenvalue weighted by Crippen LogP contribution is 2.26. The van der Waals surface area contributed by atoms with E-state index >= 15 is 0 Å². The molecule has 0 saturated carbocycles. The summed E-state index contributed by atoms with van der Waals surface area (Å²) in [5.74, 6) is 0.360. The topological polar surface area (TPSA) is 20.3 Å². The van der Waals surface area contributed by atoms with E-state index in [4.69, 9.17) is 0 Å². The van der Waals surface area contributed by atoms with Crippen molar-refractivity contribution < 1.29 is 4.79 Å². The number of carbonyl (C=O) groups is 1. The van der Waals surface area contributed by atoms with Gasteiger partial charge in [-0.25, -0.2) is 0 Å². The van der Waals surface area contributed by atoms with Crippen LogP contribution >= 0.6 is 0 Å². The molecular weight excluding hydrogens is 186 g/mol. The fourth-order valence-electron chi connectivity index (χ4n) is 2.35. The first-order valence-electron chi connectivity index (χ1n) is 6.23. The predicted molar refractivity (Wildman–Crippen MR) is 63.7 cm³/mol. The van der Waals surface area contributed by atoms with E-state index in [1.54, 1.807) is 0 Å². The van der Waals surface area contributed by atoms with Crippen molar-refractivity contribution >= 4 is 5.91 Å². The Balaban J connectivity index is 2.51. The van der Waals surface area contributed by atoms with Crippen molar-refractivity contribution in [3.05, 3.63) is 0 Å².